The standard InChI is InChI=1S/C19H23Br/c1-12(2)16-8-7-14(4)19-15(5)13(3)6-9-17(11-20)18(19)10-16/h6-10,12H,11H2,1-5H3. The van der Waals surface area contributed by atoms with Crippen LogP contribution in [-0.2, 0) is 0 Å². The highest BCUT2D eigenvalue weighted by molar-refractivity contribution is 9.09. The van der Waals surface area contributed by atoms with Crippen LogP contribution in [0.25, 0.3) is 0 Å². The molecule has 0 aromatic heterocycles. The Morgan fingerprint density at radius 2 is 1.60 bits per heavy atom. The molecule has 2 aliphatic carbocycles. The van der Waals surface area contributed by atoms with Gasteiger partial charge in [0.15, 0.2) is 0 Å². The van der Waals surface area contributed by atoms with E-state index in [0.717, 1.165) is 5.33 Å². The fourth-order valence-electron chi connectivity index (χ4n) is 2.67. The zero-order chi connectivity index (χ0) is 14.9. The van der Waals surface area contributed by atoms with Gasteiger partial charge in [0.05, 0.1) is 0 Å². The lowest BCUT2D eigenvalue weighted by atomic mass is 9.88. The van der Waals surface area contributed by atoms with Crippen molar-refractivity contribution < 1.29 is 0 Å². The van der Waals surface area contributed by atoms with Crippen LogP contribution in [-0.4, -0.2) is 5.33 Å². The maximum atomic E-state index is 3.65. The van der Waals surface area contributed by atoms with Gasteiger partial charge in [-0.3, -0.25) is 0 Å². The minimum absolute atomic E-state index is 0.542. The first-order valence-electron chi connectivity index (χ1n) is 7.21. The maximum absolute atomic E-state index is 3.65. The number of halogens is 1. The Kier molecular flexibility index (Phi) is 4.70. The molecule has 0 heterocycles. The van der Waals surface area contributed by atoms with Crippen molar-refractivity contribution in [1.82, 2.24) is 0 Å². The molecule has 0 radical (unpaired) electrons. The summed E-state index contributed by atoms with van der Waals surface area (Å²) in [5, 5.41) is 0.887. The molecule has 0 aromatic rings. The molecule has 2 rings (SSSR count). The van der Waals surface area contributed by atoms with Crippen LogP contribution in [0.4, 0.5) is 0 Å². The summed E-state index contributed by atoms with van der Waals surface area (Å²) < 4.78 is 0. The lowest BCUT2D eigenvalue weighted by Crippen LogP contribution is -2.00. The van der Waals surface area contributed by atoms with Gasteiger partial charge in [-0.1, -0.05) is 60.2 Å². The summed E-state index contributed by atoms with van der Waals surface area (Å²) in [6, 6.07) is 0. The summed E-state index contributed by atoms with van der Waals surface area (Å²) >= 11 is 3.65. The van der Waals surface area contributed by atoms with Crippen molar-refractivity contribution in [2.24, 2.45) is 5.92 Å². The highest BCUT2D eigenvalue weighted by Gasteiger charge is 2.20. The second-order valence-corrected chi connectivity index (χ2v) is 6.47. The SMILES string of the molecule is CC1=CC=C(CBr)C2=CC(C(C)C)=CC=C(C)C2=C1C. The van der Waals surface area contributed by atoms with Crippen LogP contribution in [0.2, 0.25) is 0 Å². The quantitative estimate of drug-likeness (QED) is 0.540. The van der Waals surface area contributed by atoms with E-state index in [9.17, 15) is 0 Å². The van der Waals surface area contributed by atoms with E-state index in [2.05, 4.69) is 80.9 Å². The van der Waals surface area contributed by atoms with Gasteiger partial charge in [-0.05, 0) is 65.7 Å². The van der Waals surface area contributed by atoms with Crippen molar-refractivity contribution in [3.8, 4) is 0 Å². The molecule has 0 nitrogen and oxygen atoms in total. The van der Waals surface area contributed by atoms with Crippen molar-refractivity contribution in [2.45, 2.75) is 34.6 Å². The van der Waals surface area contributed by atoms with E-state index in [4.69, 9.17) is 0 Å². The Labute approximate surface area is 131 Å². The zero-order valence-electron chi connectivity index (χ0n) is 13.0. The van der Waals surface area contributed by atoms with E-state index in [1.165, 1.54) is 39.0 Å². The summed E-state index contributed by atoms with van der Waals surface area (Å²) in [4.78, 5) is 0. The number of rotatable bonds is 2. The second-order valence-electron chi connectivity index (χ2n) is 5.90. The Morgan fingerprint density at radius 3 is 2.20 bits per heavy atom. The number of allylic oxidation sites excluding steroid dienone is 12. The van der Waals surface area contributed by atoms with E-state index in [0.29, 0.717) is 5.92 Å². The molecule has 0 saturated carbocycles. The van der Waals surface area contributed by atoms with Crippen LogP contribution < -0.4 is 0 Å². The summed E-state index contributed by atoms with van der Waals surface area (Å²) in [5.41, 5.74) is 9.61. The van der Waals surface area contributed by atoms with Crippen LogP contribution in [0.3, 0.4) is 0 Å². The van der Waals surface area contributed by atoms with Gasteiger partial charge in [-0.15, -0.1) is 0 Å². The number of alkyl halides is 1. The third-order valence-electron chi connectivity index (χ3n) is 4.16. The molecule has 2 aliphatic rings. The van der Waals surface area contributed by atoms with Gasteiger partial charge in [0, 0.05) is 5.33 Å². The Bertz CT molecular complexity index is 602. The first-order valence-corrected chi connectivity index (χ1v) is 8.33. The van der Waals surface area contributed by atoms with Crippen molar-refractivity contribution in [3.05, 3.63) is 69.4 Å². The van der Waals surface area contributed by atoms with Gasteiger partial charge in [-0.2, -0.15) is 0 Å². The molecule has 0 unspecified atom stereocenters. The Morgan fingerprint density at radius 1 is 0.950 bits per heavy atom. The largest absolute Gasteiger partial charge is 0.0876 e. The monoisotopic (exact) mass is 330 g/mol. The van der Waals surface area contributed by atoms with Gasteiger partial charge in [0.1, 0.15) is 0 Å². The first-order chi connectivity index (χ1) is 9.45. The molecule has 0 fully saturated rings. The molecule has 0 aliphatic heterocycles. The average molecular weight is 331 g/mol. The molecule has 0 aromatic carbocycles. The number of hydrogen-bond acceptors (Lipinski definition) is 0. The molecule has 0 N–H and O–H groups in total. The third kappa shape index (κ3) is 2.83. The molecular formula is C19H23Br. The van der Waals surface area contributed by atoms with Gasteiger partial charge in [0.2, 0.25) is 0 Å². The van der Waals surface area contributed by atoms with E-state index < -0.39 is 0 Å². The minimum Gasteiger partial charge on any atom is -0.0876 e. The molecule has 20 heavy (non-hydrogen) atoms. The second kappa shape index (κ2) is 6.13. The first kappa shape index (κ1) is 15.3. The number of fused-ring (bicyclic) bond motifs is 1. The van der Waals surface area contributed by atoms with E-state index in [1.807, 2.05) is 0 Å². The summed E-state index contributed by atoms with van der Waals surface area (Å²) in [6.07, 6.45) is 11.4. The topological polar surface area (TPSA) is 0 Å². The summed E-state index contributed by atoms with van der Waals surface area (Å²) in [5.74, 6) is 0.542. The van der Waals surface area contributed by atoms with Crippen LogP contribution >= 0.6 is 15.9 Å². The van der Waals surface area contributed by atoms with E-state index >= 15 is 0 Å². The molecule has 0 spiro atoms. The predicted octanol–water partition coefficient (Wildman–Crippen LogP) is 6.05. The smallest absolute Gasteiger partial charge is 0.0289 e. The summed E-state index contributed by atoms with van der Waals surface area (Å²) in [7, 11) is 0. The fourth-order valence-corrected chi connectivity index (χ4v) is 3.16. The van der Waals surface area contributed by atoms with Crippen molar-refractivity contribution in [2.75, 3.05) is 5.33 Å². The van der Waals surface area contributed by atoms with Gasteiger partial charge >= 0.3 is 0 Å². The lowest BCUT2D eigenvalue weighted by molar-refractivity contribution is 0.791. The molecule has 0 amide bonds. The van der Waals surface area contributed by atoms with Crippen molar-refractivity contribution >= 4 is 15.9 Å². The van der Waals surface area contributed by atoms with Crippen LogP contribution in [0, 0.1) is 5.92 Å². The number of hydrogen-bond donors (Lipinski definition) is 0. The zero-order valence-corrected chi connectivity index (χ0v) is 14.6. The summed E-state index contributed by atoms with van der Waals surface area (Å²) in [6.45, 7) is 11.2. The van der Waals surface area contributed by atoms with Gasteiger partial charge < -0.3 is 0 Å². The average Bonchev–Trinajstić information content (AvgIpc) is 2.64. The molecule has 0 atom stereocenters. The van der Waals surface area contributed by atoms with Crippen LogP contribution in [0.15, 0.2) is 69.4 Å². The molecule has 0 saturated heterocycles. The van der Waals surface area contributed by atoms with Gasteiger partial charge in [0.25, 0.3) is 0 Å². The van der Waals surface area contributed by atoms with Crippen LogP contribution in [0.5, 0.6) is 0 Å². The highest BCUT2D eigenvalue weighted by Crippen LogP contribution is 2.37. The van der Waals surface area contributed by atoms with E-state index in [-0.39, 0.29) is 0 Å². The minimum atomic E-state index is 0.542. The highest BCUT2D eigenvalue weighted by atomic mass is 79.9. The molecule has 1 heteroatoms. The molecular weight excluding hydrogens is 308 g/mol. The van der Waals surface area contributed by atoms with Crippen LogP contribution in [0.1, 0.15) is 34.6 Å². The maximum Gasteiger partial charge on any atom is 0.0289 e. The lowest BCUT2D eigenvalue weighted by Gasteiger charge is -2.17. The fraction of sp³-hybridized carbons (Fsp3) is 0.368. The molecule has 106 valence electrons. The Balaban J connectivity index is 2.73. The van der Waals surface area contributed by atoms with Crippen molar-refractivity contribution in [3.63, 3.8) is 0 Å². The van der Waals surface area contributed by atoms with Gasteiger partial charge in [-0.25, -0.2) is 0 Å². The van der Waals surface area contributed by atoms with Crippen molar-refractivity contribution in [1.29, 1.82) is 0 Å². The predicted molar refractivity (Wildman–Crippen MR) is 93.1 cm³/mol. The van der Waals surface area contributed by atoms with E-state index in [1.54, 1.807) is 0 Å². The Hall–Kier alpha value is -1.08. The third-order valence-corrected chi connectivity index (χ3v) is 4.76. The molecule has 0 bridgehead atoms. The normalized spacial score (nSPS) is 19.4.